The highest BCUT2D eigenvalue weighted by Crippen LogP contribution is 2.27. The van der Waals surface area contributed by atoms with Crippen LogP contribution in [0.3, 0.4) is 0 Å². The number of aromatic amines is 1. The van der Waals surface area contributed by atoms with Crippen molar-refractivity contribution in [1.29, 1.82) is 0 Å². The van der Waals surface area contributed by atoms with Gasteiger partial charge in [-0.15, -0.1) is 0 Å². The van der Waals surface area contributed by atoms with Gasteiger partial charge in [-0.25, -0.2) is 13.6 Å². The first-order valence-corrected chi connectivity index (χ1v) is 11.8. The zero-order valence-electron chi connectivity index (χ0n) is 20.5. The van der Waals surface area contributed by atoms with Crippen LogP contribution in [0.5, 0.6) is 0 Å². The van der Waals surface area contributed by atoms with Crippen molar-refractivity contribution in [2.24, 2.45) is 0 Å². The number of aromatic nitrogens is 2. The highest BCUT2D eigenvalue weighted by Gasteiger charge is 2.24. The molecule has 3 rings (SSSR count). The number of esters is 1. The summed E-state index contributed by atoms with van der Waals surface area (Å²) in [5.74, 6) is -1.16. The number of H-pyrrole nitrogens is 1. The van der Waals surface area contributed by atoms with E-state index in [1.54, 1.807) is 31.2 Å². The maximum atomic E-state index is 13.3. The van der Waals surface area contributed by atoms with Crippen molar-refractivity contribution in [1.82, 2.24) is 10.2 Å². The molecule has 0 unspecified atom stereocenters. The number of carbonyl (C=O) groups is 1. The van der Waals surface area contributed by atoms with E-state index in [-0.39, 0.29) is 23.9 Å². The molecule has 0 bridgehead atoms. The summed E-state index contributed by atoms with van der Waals surface area (Å²) < 4.78 is 31.7. The van der Waals surface area contributed by atoms with Gasteiger partial charge in [-0.1, -0.05) is 63.8 Å². The number of halogens is 2. The predicted molar refractivity (Wildman–Crippen MR) is 132 cm³/mol. The molecule has 0 fully saturated rings. The molecular formula is C27H35F2N3O2. The minimum atomic E-state index is -0.523. The number of carbonyl (C=O) groups excluding carboxylic acids is 1. The highest BCUT2D eigenvalue weighted by molar-refractivity contribution is 5.94. The first kappa shape index (κ1) is 27.0. The molecule has 5 nitrogen and oxygen atoms in total. The lowest BCUT2D eigenvalue weighted by atomic mass is 10.1. The van der Waals surface area contributed by atoms with Crippen molar-refractivity contribution in [3.05, 3.63) is 82.7 Å². The molecule has 7 heteroatoms. The van der Waals surface area contributed by atoms with Gasteiger partial charge in [0.05, 0.1) is 18.0 Å². The van der Waals surface area contributed by atoms with Gasteiger partial charge in [0.2, 0.25) is 0 Å². The van der Waals surface area contributed by atoms with Crippen molar-refractivity contribution in [2.75, 3.05) is 11.5 Å². The van der Waals surface area contributed by atoms with Gasteiger partial charge in [-0.3, -0.25) is 5.10 Å². The summed E-state index contributed by atoms with van der Waals surface area (Å²) in [6, 6.07) is 12.3. The van der Waals surface area contributed by atoms with E-state index in [1.165, 1.54) is 49.9 Å². The van der Waals surface area contributed by atoms with E-state index in [9.17, 15) is 13.6 Å². The second-order valence-electron chi connectivity index (χ2n) is 8.08. The molecule has 0 amide bonds. The Morgan fingerprint density at radius 1 is 0.882 bits per heavy atom. The third-order valence-corrected chi connectivity index (χ3v) is 5.23. The fraction of sp³-hybridized carbons (Fsp3) is 0.407. The van der Waals surface area contributed by atoms with Crippen LogP contribution in [0.15, 0.2) is 48.5 Å². The van der Waals surface area contributed by atoms with Crippen molar-refractivity contribution >= 4 is 11.7 Å². The SMILES string of the molecule is CCCCCC.CCOC(=O)c1n[nH]c(C)c1N(Cc1ccc(F)cc1)Cc1ccc(F)cc1. The Labute approximate surface area is 201 Å². The first-order valence-electron chi connectivity index (χ1n) is 11.8. The molecule has 0 saturated carbocycles. The number of rotatable bonds is 10. The van der Waals surface area contributed by atoms with E-state index < -0.39 is 5.97 Å². The van der Waals surface area contributed by atoms with Crippen molar-refractivity contribution < 1.29 is 18.3 Å². The highest BCUT2D eigenvalue weighted by atomic mass is 19.1. The minimum Gasteiger partial charge on any atom is -0.461 e. The second kappa shape index (κ2) is 14.1. The van der Waals surface area contributed by atoms with Gasteiger partial charge in [-0.2, -0.15) is 5.10 Å². The Morgan fingerprint density at radius 2 is 1.35 bits per heavy atom. The van der Waals surface area contributed by atoms with E-state index >= 15 is 0 Å². The lowest BCUT2D eigenvalue weighted by molar-refractivity contribution is 0.0520. The molecule has 1 heterocycles. The third kappa shape index (κ3) is 8.28. The maximum Gasteiger partial charge on any atom is 0.361 e. The number of hydrogen-bond donors (Lipinski definition) is 1. The lowest BCUT2D eigenvalue weighted by Crippen LogP contribution is -2.25. The molecule has 0 aliphatic carbocycles. The summed E-state index contributed by atoms with van der Waals surface area (Å²) in [6.45, 7) is 9.06. The Bertz CT molecular complexity index is 950. The van der Waals surface area contributed by atoms with Crippen LogP contribution in [0, 0.1) is 18.6 Å². The van der Waals surface area contributed by atoms with Crippen LogP contribution in [0.2, 0.25) is 0 Å². The second-order valence-corrected chi connectivity index (χ2v) is 8.08. The molecule has 1 N–H and O–H groups in total. The predicted octanol–water partition coefficient (Wildman–Crippen LogP) is 6.97. The molecule has 0 atom stereocenters. The van der Waals surface area contributed by atoms with Crippen LogP contribution < -0.4 is 4.90 Å². The Balaban J connectivity index is 0.000000604. The number of unbranched alkanes of at least 4 members (excludes halogenated alkanes) is 3. The van der Waals surface area contributed by atoms with E-state index in [1.807, 2.05) is 11.8 Å². The molecule has 184 valence electrons. The van der Waals surface area contributed by atoms with Crippen LogP contribution in [-0.2, 0) is 17.8 Å². The summed E-state index contributed by atoms with van der Waals surface area (Å²) in [5, 5.41) is 6.94. The van der Waals surface area contributed by atoms with Crippen molar-refractivity contribution in [3.63, 3.8) is 0 Å². The van der Waals surface area contributed by atoms with Gasteiger partial charge in [0.25, 0.3) is 0 Å². The fourth-order valence-corrected chi connectivity index (χ4v) is 3.49. The molecular weight excluding hydrogens is 436 g/mol. The maximum absolute atomic E-state index is 13.3. The zero-order valence-corrected chi connectivity index (χ0v) is 20.5. The average molecular weight is 472 g/mol. The molecule has 0 radical (unpaired) electrons. The largest absolute Gasteiger partial charge is 0.461 e. The van der Waals surface area contributed by atoms with Crippen LogP contribution in [-0.4, -0.2) is 22.8 Å². The number of benzene rings is 2. The molecule has 0 aliphatic rings. The molecule has 0 saturated heterocycles. The van der Waals surface area contributed by atoms with Crippen LogP contribution in [0.4, 0.5) is 14.5 Å². The molecule has 1 aromatic heterocycles. The van der Waals surface area contributed by atoms with Gasteiger partial charge >= 0.3 is 5.97 Å². The summed E-state index contributed by atoms with van der Waals surface area (Å²) in [5.41, 5.74) is 3.21. The van der Waals surface area contributed by atoms with Crippen LogP contribution in [0.1, 0.15) is 73.8 Å². The van der Waals surface area contributed by atoms with E-state index in [4.69, 9.17) is 4.74 Å². The third-order valence-electron chi connectivity index (χ3n) is 5.23. The Morgan fingerprint density at radius 3 is 1.76 bits per heavy atom. The van der Waals surface area contributed by atoms with Gasteiger partial charge in [-0.05, 0) is 49.2 Å². The molecule has 2 aromatic carbocycles. The number of aryl methyl sites for hydroxylation is 1. The fourth-order valence-electron chi connectivity index (χ4n) is 3.49. The summed E-state index contributed by atoms with van der Waals surface area (Å²) in [7, 11) is 0. The molecule has 0 spiro atoms. The molecule has 3 aromatic rings. The van der Waals surface area contributed by atoms with Crippen molar-refractivity contribution in [2.45, 2.75) is 66.5 Å². The summed E-state index contributed by atoms with van der Waals surface area (Å²) in [6.07, 6.45) is 5.54. The first-order chi connectivity index (χ1) is 16.4. The standard InChI is InChI=1S/C21H21F2N3O2.C6H14/c1-3-28-21(27)19-20(14(2)24-25-19)26(12-15-4-8-17(22)9-5-15)13-16-6-10-18(23)11-7-16;1-3-5-6-4-2/h4-11H,3,12-13H2,1-2H3,(H,24,25);3-6H2,1-2H3. The lowest BCUT2D eigenvalue weighted by Gasteiger charge is -2.25. The van der Waals surface area contributed by atoms with E-state index in [2.05, 4.69) is 24.0 Å². The monoisotopic (exact) mass is 471 g/mol. The van der Waals surface area contributed by atoms with Crippen LogP contribution in [0.25, 0.3) is 0 Å². The topological polar surface area (TPSA) is 58.2 Å². The summed E-state index contributed by atoms with van der Waals surface area (Å²) >= 11 is 0. The number of anilines is 1. The van der Waals surface area contributed by atoms with E-state index in [0.717, 1.165) is 11.1 Å². The number of hydrogen-bond acceptors (Lipinski definition) is 4. The minimum absolute atomic E-state index is 0.184. The Hall–Kier alpha value is -3.22. The normalized spacial score (nSPS) is 10.4. The van der Waals surface area contributed by atoms with Crippen molar-refractivity contribution in [3.8, 4) is 0 Å². The summed E-state index contributed by atoms with van der Waals surface area (Å²) in [4.78, 5) is 14.3. The molecule has 0 aliphatic heterocycles. The number of nitrogens with zero attached hydrogens (tertiary/aromatic N) is 2. The number of nitrogens with one attached hydrogen (secondary N) is 1. The zero-order chi connectivity index (χ0) is 24.9. The van der Waals surface area contributed by atoms with Gasteiger partial charge in [0.15, 0.2) is 5.69 Å². The average Bonchev–Trinajstić information content (AvgIpc) is 3.22. The number of ether oxygens (including phenoxy) is 1. The van der Waals surface area contributed by atoms with E-state index in [0.29, 0.717) is 24.5 Å². The Kier molecular flexibility index (Phi) is 11.2. The smallest absolute Gasteiger partial charge is 0.361 e. The van der Waals surface area contributed by atoms with Gasteiger partial charge in [0, 0.05) is 13.1 Å². The van der Waals surface area contributed by atoms with Gasteiger partial charge < -0.3 is 9.64 Å². The van der Waals surface area contributed by atoms with Crippen LogP contribution >= 0.6 is 0 Å². The van der Waals surface area contributed by atoms with Gasteiger partial charge in [0.1, 0.15) is 11.6 Å². The quantitative estimate of drug-likeness (QED) is 0.256. The molecule has 34 heavy (non-hydrogen) atoms.